The summed E-state index contributed by atoms with van der Waals surface area (Å²) < 4.78 is 5.41. The summed E-state index contributed by atoms with van der Waals surface area (Å²) in [6.07, 6.45) is 12.3. The Labute approximate surface area is 253 Å². The van der Waals surface area contributed by atoms with E-state index in [0.717, 1.165) is 46.6 Å². The first-order chi connectivity index (χ1) is 20.9. The zero-order valence-electron chi connectivity index (χ0n) is 24.5. The molecule has 0 aromatic heterocycles. The van der Waals surface area contributed by atoms with Crippen molar-refractivity contribution < 1.29 is 9.53 Å². The highest BCUT2D eigenvalue weighted by Gasteiger charge is 2.26. The fraction of sp³-hybridized carbons (Fsp3) is 0.128. The van der Waals surface area contributed by atoms with Crippen LogP contribution in [-0.2, 0) is 9.53 Å². The van der Waals surface area contributed by atoms with Crippen LogP contribution in [0.2, 0.25) is 0 Å². The summed E-state index contributed by atoms with van der Waals surface area (Å²) in [4.78, 5) is 19.1. The van der Waals surface area contributed by atoms with Gasteiger partial charge in [-0.15, -0.1) is 0 Å². The number of esters is 1. The van der Waals surface area contributed by atoms with E-state index in [1.54, 1.807) is 6.08 Å². The highest BCUT2D eigenvalue weighted by molar-refractivity contribution is 6.11. The third kappa shape index (κ3) is 6.82. The molecule has 0 N–H and O–H groups in total. The van der Waals surface area contributed by atoms with Gasteiger partial charge in [-0.2, -0.15) is 0 Å². The van der Waals surface area contributed by atoms with Gasteiger partial charge in [-0.1, -0.05) is 105 Å². The summed E-state index contributed by atoms with van der Waals surface area (Å²) in [6, 6.07) is 39.0. The molecule has 4 aromatic rings. The molecular formula is C39H34N2O2. The lowest BCUT2D eigenvalue weighted by molar-refractivity contribution is -0.130. The van der Waals surface area contributed by atoms with Gasteiger partial charge in [-0.25, -0.2) is 9.79 Å². The largest absolute Gasteiger partial charge is 0.402 e. The van der Waals surface area contributed by atoms with E-state index in [9.17, 15) is 4.79 Å². The number of hydrogen-bond acceptors (Lipinski definition) is 4. The fourth-order valence-corrected chi connectivity index (χ4v) is 5.57. The van der Waals surface area contributed by atoms with E-state index in [4.69, 9.17) is 4.74 Å². The van der Waals surface area contributed by atoms with Crippen molar-refractivity contribution >= 4 is 35.0 Å². The van der Waals surface area contributed by atoms with Crippen LogP contribution in [0.3, 0.4) is 0 Å². The number of ether oxygens (including phenoxy) is 1. The van der Waals surface area contributed by atoms with Crippen molar-refractivity contribution in [3.05, 3.63) is 168 Å². The van der Waals surface area contributed by atoms with E-state index in [1.165, 1.54) is 5.57 Å². The number of benzene rings is 4. The first-order valence-electron chi connectivity index (χ1n) is 14.6. The maximum Gasteiger partial charge on any atom is 0.363 e. The Balaban J connectivity index is 1.22. The number of para-hydroxylation sites is 2. The maximum absolute atomic E-state index is 12.4. The molecule has 43 heavy (non-hydrogen) atoms. The van der Waals surface area contributed by atoms with Crippen LogP contribution < -0.4 is 4.90 Å². The molecule has 0 amide bonds. The molecule has 0 saturated heterocycles. The lowest BCUT2D eigenvalue weighted by Gasteiger charge is -2.30. The predicted octanol–water partition coefficient (Wildman–Crippen LogP) is 9.73. The molecule has 0 saturated carbocycles. The number of hydrogen-bond donors (Lipinski definition) is 0. The third-order valence-electron chi connectivity index (χ3n) is 7.50. The van der Waals surface area contributed by atoms with Crippen molar-refractivity contribution in [2.75, 3.05) is 4.90 Å². The van der Waals surface area contributed by atoms with Crippen LogP contribution in [0, 0.1) is 5.41 Å². The average molecular weight is 563 g/mol. The van der Waals surface area contributed by atoms with Crippen LogP contribution in [0.25, 0.3) is 6.08 Å². The van der Waals surface area contributed by atoms with Crippen LogP contribution in [0.1, 0.15) is 37.8 Å². The molecule has 6 rings (SSSR count). The van der Waals surface area contributed by atoms with Crippen molar-refractivity contribution in [2.45, 2.75) is 26.7 Å². The summed E-state index contributed by atoms with van der Waals surface area (Å²) in [5, 5.41) is 0. The number of cyclic esters (lactones) is 1. The molecule has 4 aromatic carbocycles. The smallest absolute Gasteiger partial charge is 0.363 e. The molecule has 0 atom stereocenters. The third-order valence-corrected chi connectivity index (χ3v) is 7.50. The average Bonchev–Trinajstić information content (AvgIpc) is 3.41. The molecule has 0 unspecified atom stereocenters. The van der Waals surface area contributed by atoms with E-state index in [-0.39, 0.29) is 5.41 Å². The number of nitrogens with zero attached hydrogens (tertiary/aromatic N) is 2. The van der Waals surface area contributed by atoms with Crippen LogP contribution >= 0.6 is 0 Å². The summed E-state index contributed by atoms with van der Waals surface area (Å²) >= 11 is 0. The highest BCUT2D eigenvalue weighted by atomic mass is 16.6. The summed E-state index contributed by atoms with van der Waals surface area (Å²) in [5.74, 6) is -0.0727. The minimum Gasteiger partial charge on any atom is -0.402 e. The molecule has 1 aliphatic carbocycles. The van der Waals surface area contributed by atoms with E-state index < -0.39 is 5.97 Å². The number of carbonyl (C=O) groups excluding carboxylic acids is 1. The Morgan fingerprint density at radius 3 is 1.91 bits per heavy atom. The molecule has 4 heteroatoms. The van der Waals surface area contributed by atoms with E-state index in [2.05, 4.69) is 115 Å². The second kappa shape index (κ2) is 12.3. The number of allylic oxidation sites excluding steroid dienone is 6. The molecule has 2 aliphatic rings. The van der Waals surface area contributed by atoms with Crippen LogP contribution in [0.5, 0.6) is 0 Å². The van der Waals surface area contributed by atoms with Gasteiger partial charge < -0.3 is 9.64 Å². The van der Waals surface area contributed by atoms with Crippen LogP contribution in [0.15, 0.2) is 161 Å². The van der Waals surface area contributed by atoms with Crippen LogP contribution in [-0.4, -0.2) is 11.9 Å². The van der Waals surface area contributed by atoms with Gasteiger partial charge in [0, 0.05) is 22.6 Å². The van der Waals surface area contributed by atoms with Crippen molar-refractivity contribution in [1.82, 2.24) is 0 Å². The second-order valence-corrected chi connectivity index (χ2v) is 11.6. The Morgan fingerprint density at radius 1 is 0.698 bits per heavy atom. The Hall–Kier alpha value is -5.22. The molecular weight excluding hydrogens is 528 g/mol. The zero-order valence-corrected chi connectivity index (χ0v) is 24.5. The lowest BCUT2D eigenvalue weighted by Crippen LogP contribution is -2.16. The highest BCUT2D eigenvalue weighted by Crippen LogP contribution is 2.39. The predicted molar refractivity (Wildman–Crippen MR) is 176 cm³/mol. The molecule has 1 aliphatic heterocycles. The van der Waals surface area contributed by atoms with Gasteiger partial charge in [0.25, 0.3) is 0 Å². The number of aliphatic imine (C=N–C) groups is 1. The topological polar surface area (TPSA) is 41.9 Å². The first-order valence-corrected chi connectivity index (χ1v) is 14.6. The summed E-state index contributed by atoms with van der Waals surface area (Å²) in [5.41, 5.74) is 8.11. The van der Waals surface area contributed by atoms with Gasteiger partial charge in [0.05, 0.1) is 0 Å². The molecule has 4 nitrogen and oxygen atoms in total. The second-order valence-electron chi connectivity index (χ2n) is 11.6. The SMILES string of the molecule is CC1(C)CC(/C=C/c2ccc(N(c3ccccc3)c3ccccc3)cc2)=CC(=C/C=C2\N=C(c3ccccc3)OC2=O)/C1. The van der Waals surface area contributed by atoms with Crippen molar-refractivity contribution in [3.8, 4) is 0 Å². The Kier molecular flexibility index (Phi) is 8.01. The van der Waals surface area contributed by atoms with Gasteiger partial charge >= 0.3 is 5.97 Å². The number of anilines is 3. The Morgan fingerprint density at radius 2 is 1.28 bits per heavy atom. The van der Waals surface area contributed by atoms with E-state index >= 15 is 0 Å². The van der Waals surface area contributed by atoms with Gasteiger partial charge in [0.15, 0.2) is 5.70 Å². The Bertz CT molecular complexity index is 1710. The molecule has 0 spiro atoms. The molecule has 212 valence electrons. The van der Waals surface area contributed by atoms with Crippen molar-refractivity contribution in [3.63, 3.8) is 0 Å². The number of carbonyl (C=O) groups is 1. The molecule has 0 bridgehead atoms. The van der Waals surface area contributed by atoms with Gasteiger partial charge in [-0.3, -0.25) is 0 Å². The van der Waals surface area contributed by atoms with E-state index in [0.29, 0.717) is 11.6 Å². The summed E-state index contributed by atoms with van der Waals surface area (Å²) in [6.45, 7) is 4.56. The monoisotopic (exact) mass is 562 g/mol. The first kappa shape index (κ1) is 27.9. The summed E-state index contributed by atoms with van der Waals surface area (Å²) in [7, 11) is 0. The van der Waals surface area contributed by atoms with E-state index in [1.807, 2.05) is 48.5 Å². The molecule has 1 heterocycles. The molecule has 0 radical (unpaired) electrons. The fourth-order valence-electron chi connectivity index (χ4n) is 5.57. The minimum atomic E-state index is -0.420. The van der Waals surface area contributed by atoms with Crippen LogP contribution in [0.4, 0.5) is 17.1 Å². The zero-order chi connectivity index (χ0) is 29.6. The quantitative estimate of drug-likeness (QED) is 0.166. The van der Waals surface area contributed by atoms with Crippen molar-refractivity contribution in [1.29, 1.82) is 0 Å². The normalized spacial score (nSPS) is 18.0. The number of rotatable bonds is 7. The lowest BCUT2D eigenvalue weighted by atomic mass is 9.75. The maximum atomic E-state index is 12.4. The standard InChI is InChI=1S/C39H34N2O2/c1-39(2)27-30(26-31(28-39)22-25-36-38(42)43-37(40-36)32-12-6-3-7-13-32)19-18-29-20-23-35(24-21-29)41(33-14-8-4-9-15-33)34-16-10-5-11-17-34/h3-26H,27-28H2,1-2H3/b19-18+,31-22-,36-25-. The van der Waals surface area contributed by atoms with Gasteiger partial charge in [-0.05, 0) is 89.6 Å². The van der Waals surface area contributed by atoms with Gasteiger partial charge in [0.2, 0.25) is 5.90 Å². The molecule has 0 fully saturated rings. The minimum absolute atomic E-state index is 0.100. The van der Waals surface area contributed by atoms with Crippen molar-refractivity contribution in [2.24, 2.45) is 10.4 Å². The van der Waals surface area contributed by atoms with Gasteiger partial charge in [0.1, 0.15) is 0 Å².